The number of nitrogens with zero attached hydrogens (tertiary/aromatic N) is 1. The zero-order chi connectivity index (χ0) is 12.4. The van der Waals surface area contributed by atoms with Gasteiger partial charge in [-0.1, -0.05) is 12.1 Å². The lowest BCUT2D eigenvalue weighted by Gasteiger charge is -2.26. The maximum Gasteiger partial charge on any atom is 0.122 e. The lowest BCUT2D eigenvalue weighted by molar-refractivity contribution is 0.272. The molecule has 17 heavy (non-hydrogen) atoms. The molecule has 0 aliphatic carbocycles. The minimum atomic E-state index is 0.215. The fourth-order valence-corrected chi connectivity index (χ4v) is 2.41. The van der Waals surface area contributed by atoms with Crippen molar-refractivity contribution in [1.82, 2.24) is 4.90 Å². The van der Waals surface area contributed by atoms with Crippen molar-refractivity contribution in [2.75, 3.05) is 20.7 Å². The number of benzene rings is 1. The summed E-state index contributed by atoms with van der Waals surface area (Å²) in [6, 6.07) is 7.13. The van der Waals surface area contributed by atoms with Crippen molar-refractivity contribution in [2.24, 2.45) is 5.73 Å². The van der Waals surface area contributed by atoms with Gasteiger partial charge in [-0.15, -0.1) is 0 Å². The minimum absolute atomic E-state index is 0.215. The molecule has 2 rings (SSSR count). The standard InChI is InChI=1S/C14H22N2O/c1-10(15)8-13(16(2)3)11-4-5-14-12(9-11)6-7-17-14/h4-5,9-10,13H,6-8,15H2,1-3H3. The van der Waals surface area contributed by atoms with Gasteiger partial charge in [-0.3, -0.25) is 0 Å². The summed E-state index contributed by atoms with van der Waals surface area (Å²) in [4.78, 5) is 2.24. The molecular weight excluding hydrogens is 212 g/mol. The number of nitrogens with two attached hydrogens (primary N) is 1. The molecule has 0 spiro atoms. The first-order chi connectivity index (χ1) is 8.08. The van der Waals surface area contributed by atoms with E-state index in [-0.39, 0.29) is 6.04 Å². The highest BCUT2D eigenvalue weighted by atomic mass is 16.5. The summed E-state index contributed by atoms with van der Waals surface area (Å²) in [5, 5.41) is 0. The van der Waals surface area contributed by atoms with E-state index >= 15 is 0 Å². The fourth-order valence-electron chi connectivity index (χ4n) is 2.41. The molecule has 0 radical (unpaired) electrons. The molecular formula is C14H22N2O. The molecule has 0 saturated heterocycles. The summed E-state index contributed by atoms with van der Waals surface area (Å²) < 4.78 is 5.54. The van der Waals surface area contributed by atoms with Gasteiger partial charge in [0.25, 0.3) is 0 Å². The van der Waals surface area contributed by atoms with Crippen molar-refractivity contribution in [3.63, 3.8) is 0 Å². The average Bonchev–Trinajstić information content (AvgIpc) is 2.72. The SMILES string of the molecule is CC(N)CC(c1ccc2c(c1)CCO2)N(C)C. The highest BCUT2D eigenvalue weighted by molar-refractivity contribution is 5.40. The van der Waals surface area contributed by atoms with E-state index in [9.17, 15) is 0 Å². The number of ether oxygens (including phenoxy) is 1. The van der Waals surface area contributed by atoms with Gasteiger partial charge in [0.05, 0.1) is 6.61 Å². The number of hydrogen-bond donors (Lipinski definition) is 1. The predicted octanol–water partition coefficient (Wildman–Crippen LogP) is 1.96. The van der Waals surface area contributed by atoms with E-state index in [0.717, 1.165) is 25.2 Å². The first kappa shape index (κ1) is 12.4. The third-order valence-electron chi connectivity index (χ3n) is 3.32. The molecule has 1 aromatic carbocycles. The number of hydrogen-bond acceptors (Lipinski definition) is 3. The van der Waals surface area contributed by atoms with Gasteiger partial charge in [-0.05, 0) is 44.6 Å². The fraction of sp³-hybridized carbons (Fsp3) is 0.571. The van der Waals surface area contributed by atoms with Crippen LogP contribution in [0.1, 0.15) is 30.5 Å². The van der Waals surface area contributed by atoms with E-state index in [1.165, 1.54) is 11.1 Å². The highest BCUT2D eigenvalue weighted by Gasteiger charge is 2.19. The topological polar surface area (TPSA) is 38.5 Å². The Morgan fingerprint density at radius 2 is 2.18 bits per heavy atom. The zero-order valence-electron chi connectivity index (χ0n) is 10.9. The Morgan fingerprint density at radius 3 is 2.82 bits per heavy atom. The van der Waals surface area contributed by atoms with Crippen molar-refractivity contribution < 1.29 is 4.74 Å². The molecule has 1 aromatic rings. The number of rotatable bonds is 4. The molecule has 0 aromatic heterocycles. The number of fused-ring (bicyclic) bond motifs is 1. The largest absolute Gasteiger partial charge is 0.493 e. The minimum Gasteiger partial charge on any atom is -0.493 e. The summed E-state index contributed by atoms with van der Waals surface area (Å²) in [5.41, 5.74) is 8.61. The lowest BCUT2D eigenvalue weighted by atomic mass is 9.97. The molecule has 0 bridgehead atoms. The smallest absolute Gasteiger partial charge is 0.122 e. The van der Waals surface area contributed by atoms with Gasteiger partial charge >= 0.3 is 0 Å². The molecule has 2 unspecified atom stereocenters. The van der Waals surface area contributed by atoms with E-state index in [0.29, 0.717) is 6.04 Å². The van der Waals surface area contributed by atoms with Crippen LogP contribution in [0.25, 0.3) is 0 Å². The van der Waals surface area contributed by atoms with Crippen LogP contribution in [0.2, 0.25) is 0 Å². The molecule has 3 nitrogen and oxygen atoms in total. The van der Waals surface area contributed by atoms with Crippen molar-refractivity contribution >= 4 is 0 Å². The van der Waals surface area contributed by atoms with Crippen LogP contribution in [0, 0.1) is 0 Å². The first-order valence-corrected chi connectivity index (χ1v) is 6.25. The van der Waals surface area contributed by atoms with Crippen LogP contribution in [0.3, 0.4) is 0 Å². The molecule has 1 aliphatic heterocycles. The van der Waals surface area contributed by atoms with Crippen LogP contribution < -0.4 is 10.5 Å². The Hall–Kier alpha value is -1.06. The second-order valence-corrected chi connectivity index (χ2v) is 5.16. The molecule has 0 amide bonds. The molecule has 1 heterocycles. The van der Waals surface area contributed by atoms with Crippen molar-refractivity contribution in [2.45, 2.75) is 31.8 Å². The second-order valence-electron chi connectivity index (χ2n) is 5.16. The van der Waals surface area contributed by atoms with Gasteiger partial charge in [0.1, 0.15) is 5.75 Å². The van der Waals surface area contributed by atoms with E-state index in [1.807, 2.05) is 0 Å². The Kier molecular flexibility index (Phi) is 3.69. The normalized spacial score (nSPS) is 17.7. The van der Waals surface area contributed by atoms with Crippen LogP contribution in [-0.4, -0.2) is 31.6 Å². The Labute approximate surface area is 104 Å². The van der Waals surface area contributed by atoms with Gasteiger partial charge in [0.2, 0.25) is 0 Å². The summed E-state index contributed by atoms with van der Waals surface area (Å²) in [5.74, 6) is 1.05. The van der Waals surface area contributed by atoms with E-state index in [1.54, 1.807) is 0 Å². The monoisotopic (exact) mass is 234 g/mol. The van der Waals surface area contributed by atoms with Crippen LogP contribution in [-0.2, 0) is 6.42 Å². The van der Waals surface area contributed by atoms with Gasteiger partial charge in [-0.2, -0.15) is 0 Å². The van der Waals surface area contributed by atoms with E-state index in [2.05, 4.69) is 44.1 Å². The molecule has 0 saturated carbocycles. The Morgan fingerprint density at radius 1 is 1.41 bits per heavy atom. The van der Waals surface area contributed by atoms with Gasteiger partial charge < -0.3 is 15.4 Å². The van der Waals surface area contributed by atoms with E-state index < -0.39 is 0 Å². The third kappa shape index (κ3) is 2.79. The zero-order valence-corrected chi connectivity index (χ0v) is 10.9. The van der Waals surface area contributed by atoms with Gasteiger partial charge in [0.15, 0.2) is 0 Å². The first-order valence-electron chi connectivity index (χ1n) is 6.25. The summed E-state index contributed by atoms with van der Waals surface area (Å²) >= 11 is 0. The Balaban J connectivity index is 2.24. The molecule has 0 fully saturated rings. The summed E-state index contributed by atoms with van der Waals surface area (Å²) in [6.07, 6.45) is 2.01. The summed E-state index contributed by atoms with van der Waals surface area (Å²) in [6.45, 7) is 2.88. The maximum atomic E-state index is 5.93. The van der Waals surface area contributed by atoms with Crippen LogP contribution >= 0.6 is 0 Å². The van der Waals surface area contributed by atoms with Gasteiger partial charge in [-0.25, -0.2) is 0 Å². The Bertz CT molecular complexity index is 388. The molecule has 94 valence electrons. The molecule has 1 aliphatic rings. The van der Waals surface area contributed by atoms with Gasteiger partial charge in [0, 0.05) is 18.5 Å². The molecule has 2 atom stereocenters. The van der Waals surface area contributed by atoms with Crippen molar-refractivity contribution in [1.29, 1.82) is 0 Å². The molecule has 2 N–H and O–H groups in total. The third-order valence-corrected chi connectivity index (χ3v) is 3.32. The second kappa shape index (κ2) is 5.07. The molecule has 3 heteroatoms. The van der Waals surface area contributed by atoms with Crippen molar-refractivity contribution in [3.05, 3.63) is 29.3 Å². The quantitative estimate of drug-likeness (QED) is 0.865. The maximum absolute atomic E-state index is 5.93. The van der Waals surface area contributed by atoms with Crippen LogP contribution in [0.5, 0.6) is 5.75 Å². The van der Waals surface area contributed by atoms with Crippen LogP contribution in [0.15, 0.2) is 18.2 Å². The highest BCUT2D eigenvalue weighted by Crippen LogP contribution is 2.31. The predicted molar refractivity (Wildman–Crippen MR) is 70.3 cm³/mol. The van der Waals surface area contributed by atoms with E-state index in [4.69, 9.17) is 10.5 Å². The van der Waals surface area contributed by atoms with Crippen LogP contribution in [0.4, 0.5) is 0 Å². The average molecular weight is 234 g/mol. The lowest BCUT2D eigenvalue weighted by Crippen LogP contribution is -2.27. The van der Waals surface area contributed by atoms with Crippen molar-refractivity contribution in [3.8, 4) is 5.75 Å². The summed E-state index contributed by atoms with van der Waals surface area (Å²) in [7, 11) is 4.22.